The van der Waals surface area contributed by atoms with E-state index in [4.69, 9.17) is 19.9 Å². The van der Waals surface area contributed by atoms with Gasteiger partial charge < -0.3 is 0 Å². The molecule has 0 N–H and O–H groups in total. The summed E-state index contributed by atoms with van der Waals surface area (Å²) >= 11 is 1.88. The quantitative estimate of drug-likeness (QED) is 0.179. The van der Waals surface area contributed by atoms with Crippen LogP contribution in [0.4, 0.5) is 0 Å². The van der Waals surface area contributed by atoms with Crippen molar-refractivity contribution in [3.8, 4) is 56.4 Å². The molecule has 0 fully saturated rings. The van der Waals surface area contributed by atoms with Gasteiger partial charge in [0.2, 0.25) is 0 Å². The first-order valence-corrected chi connectivity index (χ1v) is 20.3. The Morgan fingerprint density at radius 2 is 1.02 bits per heavy atom. The lowest BCUT2D eigenvalue weighted by Gasteiger charge is -2.35. The van der Waals surface area contributed by atoms with Gasteiger partial charge >= 0.3 is 0 Å². The number of thiophene rings is 1. The van der Waals surface area contributed by atoms with E-state index in [1.165, 1.54) is 64.7 Å². The largest absolute Gasteiger partial charge is 0.236 e. The monoisotopic (exact) mass is 756 g/mol. The fourth-order valence-corrected chi connectivity index (χ4v) is 10.4. The van der Waals surface area contributed by atoms with Crippen molar-refractivity contribution >= 4 is 43.7 Å². The molecule has 0 amide bonds. The van der Waals surface area contributed by atoms with E-state index in [0.29, 0.717) is 11.6 Å². The summed E-state index contributed by atoms with van der Waals surface area (Å²) in [4.78, 5) is 19.9. The van der Waals surface area contributed by atoms with E-state index in [0.717, 1.165) is 33.6 Å². The molecular formula is C53H32N4S. The van der Waals surface area contributed by atoms with Gasteiger partial charge in [0, 0.05) is 54.8 Å². The highest BCUT2D eigenvalue weighted by Crippen LogP contribution is 2.60. The summed E-state index contributed by atoms with van der Waals surface area (Å²) in [5.74, 6) is 1.33. The first-order valence-electron chi connectivity index (χ1n) is 19.5. The van der Waals surface area contributed by atoms with Crippen molar-refractivity contribution in [3.63, 3.8) is 0 Å². The normalized spacial score (nSPS) is 14.9. The molecule has 0 saturated heterocycles. The van der Waals surface area contributed by atoms with Crippen LogP contribution in [0.1, 0.15) is 33.4 Å². The average molecular weight is 757 g/mol. The van der Waals surface area contributed by atoms with E-state index >= 15 is 0 Å². The summed E-state index contributed by atoms with van der Waals surface area (Å²) in [5.41, 5.74) is 14.8. The second-order valence-electron chi connectivity index (χ2n) is 15.0. The average Bonchev–Trinajstić information content (AvgIpc) is 3.75. The molecule has 12 rings (SSSR count). The second-order valence-corrected chi connectivity index (χ2v) is 16.1. The van der Waals surface area contributed by atoms with Crippen molar-refractivity contribution in [1.82, 2.24) is 19.9 Å². The molecule has 0 bridgehead atoms. The number of hydrogen-bond donors (Lipinski definition) is 0. The number of fused-ring (bicyclic) bond motifs is 12. The van der Waals surface area contributed by atoms with Gasteiger partial charge in [-0.05, 0) is 74.8 Å². The maximum Gasteiger partial charge on any atom is 0.160 e. The van der Waals surface area contributed by atoms with Crippen molar-refractivity contribution in [1.29, 1.82) is 0 Å². The standard InChI is InChI=1S/C53H32N4S/c1-3-14-35(15-4-1)51-54-31-38(32-55-51)48-30-47(56-52(57-48)36-16-5-2-6-17-36)37-26-25-34-24-23-33-13-7-10-20-43(33)53(45(34)27-37)44-21-11-8-18-39(44)41-29-50-42(28-46(41)53)40-19-9-12-22-49(40)58-50/h1-32H. The fraction of sp³-hybridized carbons (Fsp3) is 0.0189. The molecule has 5 heteroatoms. The van der Waals surface area contributed by atoms with Crippen LogP contribution in [0.3, 0.4) is 0 Å². The Bertz CT molecular complexity index is 3280. The van der Waals surface area contributed by atoms with Crippen LogP contribution in [0.15, 0.2) is 182 Å². The zero-order valence-electron chi connectivity index (χ0n) is 31.2. The highest BCUT2D eigenvalue weighted by atomic mass is 32.1. The van der Waals surface area contributed by atoms with Crippen LogP contribution >= 0.6 is 11.3 Å². The Kier molecular flexibility index (Phi) is 7.28. The summed E-state index contributed by atoms with van der Waals surface area (Å²) in [5, 5.41) is 2.60. The third-order valence-electron chi connectivity index (χ3n) is 11.8. The third-order valence-corrected chi connectivity index (χ3v) is 13.0. The maximum atomic E-state index is 5.28. The Morgan fingerprint density at radius 1 is 0.379 bits per heavy atom. The number of aromatic nitrogens is 4. The van der Waals surface area contributed by atoms with E-state index < -0.39 is 5.41 Å². The molecular weight excluding hydrogens is 725 g/mol. The highest BCUT2D eigenvalue weighted by molar-refractivity contribution is 7.25. The molecule has 7 aromatic carbocycles. The Balaban J connectivity index is 1.11. The van der Waals surface area contributed by atoms with Gasteiger partial charge in [-0.3, -0.25) is 0 Å². The molecule has 0 saturated carbocycles. The highest BCUT2D eigenvalue weighted by Gasteiger charge is 2.49. The van der Waals surface area contributed by atoms with Gasteiger partial charge in [0.1, 0.15) is 0 Å². The van der Waals surface area contributed by atoms with Gasteiger partial charge in [0.25, 0.3) is 0 Å². The molecule has 3 heterocycles. The van der Waals surface area contributed by atoms with E-state index in [9.17, 15) is 0 Å². The molecule has 2 aliphatic carbocycles. The van der Waals surface area contributed by atoms with Crippen molar-refractivity contribution in [2.75, 3.05) is 0 Å². The number of rotatable bonds is 4. The Hall–Kier alpha value is -7.34. The van der Waals surface area contributed by atoms with Gasteiger partial charge in [0.05, 0.1) is 16.8 Å². The summed E-state index contributed by atoms with van der Waals surface area (Å²) in [6.07, 6.45) is 8.31. The van der Waals surface area contributed by atoms with Gasteiger partial charge in [0.15, 0.2) is 11.6 Å². The summed E-state index contributed by atoms with van der Waals surface area (Å²) in [6.45, 7) is 0. The predicted octanol–water partition coefficient (Wildman–Crippen LogP) is 13.1. The number of hydrogen-bond acceptors (Lipinski definition) is 5. The smallest absolute Gasteiger partial charge is 0.160 e. The van der Waals surface area contributed by atoms with Crippen molar-refractivity contribution in [2.24, 2.45) is 0 Å². The zero-order chi connectivity index (χ0) is 38.2. The molecule has 0 aliphatic heterocycles. The molecule has 4 nitrogen and oxygen atoms in total. The lowest BCUT2D eigenvalue weighted by atomic mass is 9.65. The minimum atomic E-state index is -0.589. The van der Waals surface area contributed by atoms with Crippen LogP contribution in [0.25, 0.3) is 88.7 Å². The minimum Gasteiger partial charge on any atom is -0.236 e. The van der Waals surface area contributed by atoms with Crippen LogP contribution in [-0.4, -0.2) is 19.9 Å². The molecule has 1 spiro atoms. The molecule has 1 atom stereocenters. The molecule has 3 aromatic heterocycles. The predicted molar refractivity (Wildman–Crippen MR) is 238 cm³/mol. The van der Waals surface area contributed by atoms with Crippen LogP contribution in [0.5, 0.6) is 0 Å². The van der Waals surface area contributed by atoms with Crippen LogP contribution in [0.2, 0.25) is 0 Å². The van der Waals surface area contributed by atoms with E-state index in [-0.39, 0.29) is 0 Å². The van der Waals surface area contributed by atoms with E-state index in [2.05, 4.69) is 133 Å². The third kappa shape index (κ3) is 4.93. The van der Waals surface area contributed by atoms with Gasteiger partial charge in [-0.2, -0.15) is 0 Å². The molecule has 1 unspecified atom stereocenters. The SMILES string of the molecule is C1=Cc2ccc(-c3cc(-c4cnc(-c5ccccc5)nc4)nc(-c4ccccc4)n3)cc2C2(c3ccccc31)c1ccccc1-c1cc3sc4ccccc4c3cc12. The van der Waals surface area contributed by atoms with Crippen LogP contribution in [-0.2, 0) is 5.41 Å². The summed E-state index contributed by atoms with van der Waals surface area (Å²) in [6, 6.07) is 60.9. The minimum absolute atomic E-state index is 0.589. The van der Waals surface area contributed by atoms with E-state index in [1.54, 1.807) is 0 Å². The fourth-order valence-electron chi connectivity index (χ4n) is 9.22. The number of benzene rings is 7. The summed E-state index contributed by atoms with van der Waals surface area (Å²) in [7, 11) is 0. The van der Waals surface area contributed by atoms with Crippen molar-refractivity contribution in [2.45, 2.75) is 5.41 Å². The molecule has 2 aliphatic rings. The first-order chi connectivity index (χ1) is 28.7. The molecule has 58 heavy (non-hydrogen) atoms. The molecule has 0 radical (unpaired) electrons. The maximum absolute atomic E-state index is 5.28. The molecule has 10 aromatic rings. The zero-order valence-corrected chi connectivity index (χ0v) is 32.0. The summed E-state index contributed by atoms with van der Waals surface area (Å²) < 4.78 is 2.62. The van der Waals surface area contributed by atoms with Gasteiger partial charge in [-0.15, -0.1) is 11.3 Å². The molecule has 270 valence electrons. The van der Waals surface area contributed by atoms with Crippen molar-refractivity contribution < 1.29 is 0 Å². The topological polar surface area (TPSA) is 51.6 Å². The van der Waals surface area contributed by atoms with Gasteiger partial charge in [-0.1, -0.05) is 152 Å². The Morgan fingerprint density at radius 3 is 1.81 bits per heavy atom. The lowest BCUT2D eigenvalue weighted by Crippen LogP contribution is -2.30. The lowest BCUT2D eigenvalue weighted by molar-refractivity contribution is 0.767. The van der Waals surface area contributed by atoms with E-state index in [1.807, 2.05) is 72.3 Å². The van der Waals surface area contributed by atoms with Gasteiger partial charge in [-0.25, -0.2) is 19.9 Å². The first kappa shape index (κ1) is 32.9. The van der Waals surface area contributed by atoms with Crippen LogP contribution < -0.4 is 0 Å². The number of nitrogens with zero attached hydrogens (tertiary/aromatic N) is 4. The second kappa shape index (κ2) is 12.8. The van der Waals surface area contributed by atoms with Crippen molar-refractivity contribution in [3.05, 3.63) is 216 Å². The van der Waals surface area contributed by atoms with Crippen LogP contribution in [0, 0.1) is 0 Å². The Labute approximate surface area is 339 Å².